The topological polar surface area (TPSA) is 57.2 Å². The number of nitrogens with zero attached hydrogens (tertiary/aromatic N) is 1. The summed E-state index contributed by atoms with van der Waals surface area (Å²) in [6, 6.07) is 2.15. The lowest BCUT2D eigenvalue weighted by Gasteiger charge is -2.23. The van der Waals surface area contributed by atoms with Crippen molar-refractivity contribution in [3.8, 4) is 0 Å². The smallest absolute Gasteiger partial charge is 0.0753 e. The minimum Gasteiger partial charge on any atom is -0.389 e. The van der Waals surface area contributed by atoms with Crippen LogP contribution in [0.3, 0.4) is 0 Å². The first-order chi connectivity index (χ1) is 12.4. The van der Waals surface area contributed by atoms with Crippen molar-refractivity contribution in [2.75, 3.05) is 7.05 Å². The molecule has 1 aromatic rings. The molecular weight excluding hydrogens is 346 g/mol. The van der Waals surface area contributed by atoms with E-state index in [4.69, 9.17) is 11.6 Å². The van der Waals surface area contributed by atoms with Crippen LogP contribution in [0.5, 0.6) is 0 Å². The first-order valence-corrected chi connectivity index (χ1v) is 10.2. The Labute approximate surface area is 164 Å². The molecule has 0 bridgehead atoms. The van der Waals surface area contributed by atoms with Gasteiger partial charge in [0.05, 0.1) is 16.8 Å². The average Bonchev–Trinajstić information content (AvgIpc) is 2.58. The summed E-state index contributed by atoms with van der Waals surface area (Å²) in [6.45, 7) is 9.06. The Bertz CT molecular complexity index is 558. The number of pyridine rings is 1. The average molecular weight is 382 g/mol. The summed E-state index contributed by atoms with van der Waals surface area (Å²) in [5.74, 6) is 0.706. The SMILES string of the molecule is CCCc1ncc(CN/C=C(/C(C)O)C(CCCC(C)C)NC)cc1Cl. The molecule has 2 unspecified atom stereocenters. The third-order valence-corrected chi connectivity index (χ3v) is 4.87. The summed E-state index contributed by atoms with van der Waals surface area (Å²) in [5, 5.41) is 17.6. The molecule has 0 saturated heterocycles. The lowest BCUT2D eigenvalue weighted by Crippen LogP contribution is -2.33. The lowest BCUT2D eigenvalue weighted by molar-refractivity contribution is 0.217. The van der Waals surface area contributed by atoms with Gasteiger partial charge in [0.25, 0.3) is 0 Å². The maximum Gasteiger partial charge on any atom is 0.0753 e. The zero-order valence-electron chi connectivity index (χ0n) is 17.0. The van der Waals surface area contributed by atoms with Crippen LogP contribution in [-0.4, -0.2) is 29.3 Å². The molecule has 0 aliphatic carbocycles. The lowest BCUT2D eigenvalue weighted by atomic mass is 9.96. The number of aromatic nitrogens is 1. The Kier molecular flexibility index (Phi) is 10.9. The predicted molar refractivity (Wildman–Crippen MR) is 111 cm³/mol. The Hall–Kier alpha value is -1.10. The van der Waals surface area contributed by atoms with E-state index in [9.17, 15) is 5.11 Å². The maximum absolute atomic E-state index is 10.2. The molecule has 0 spiro atoms. The molecule has 3 N–H and O–H groups in total. The molecule has 0 aromatic carbocycles. The molecular formula is C21H36ClN3O. The second-order valence-corrected chi connectivity index (χ2v) is 7.80. The summed E-state index contributed by atoms with van der Waals surface area (Å²) >= 11 is 6.30. The van der Waals surface area contributed by atoms with Crippen molar-refractivity contribution >= 4 is 11.6 Å². The number of nitrogens with one attached hydrogen (secondary N) is 2. The van der Waals surface area contributed by atoms with Gasteiger partial charge in [-0.3, -0.25) is 4.98 Å². The van der Waals surface area contributed by atoms with Gasteiger partial charge in [0.15, 0.2) is 0 Å². The van der Waals surface area contributed by atoms with Crippen molar-refractivity contribution in [2.24, 2.45) is 5.92 Å². The van der Waals surface area contributed by atoms with Crippen LogP contribution in [0.25, 0.3) is 0 Å². The third-order valence-electron chi connectivity index (χ3n) is 4.54. The van der Waals surface area contributed by atoms with E-state index >= 15 is 0 Å². The molecule has 0 saturated carbocycles. The minimum atomic E-state index is -0.493. The van der Waals surface area contributed by atoms with Gasteiger partial charge < -0.3 is 15.7 Å². The highest BCUT2D eigenvalue weighted by Gasteiger charge is 2.16. The Morgan fingerprint density at radius 1 is 1.31 bits per heavy atom. The molecule has 0 aliphatic heterocycles. The van der Waals surface area contributed by atoms with Gasteiger partial charge in [0.2, 0.25) is 0 Å². The van der Waals surface area contributed by atoms with Crippen molar-refractivity contribution in [2.45, 2.75) is 78.5 Å². The number of hydrogen-bond donors (Lipinski definition) is 3. The van der Waals surface area contributed by atoms with Gasteiger partial charge in [-0.15, -0.1) is 0 Å². The molecule has 0 aliphatic rings. The molecule has 26 heavy (non-hydrogen) atoms. The summed E-state index contributed by atoms with van der Waals surface area (Å²) in [5.41, 5.74) is 2.98. The minimum absolute atomic E-state index is 0.176. The van der Waals surface area contributed by atoms with Crippen LogP contribution in [0.1, 0.15) is 64.6 Å². The monoisotopic (exact) mass is 381 g/mol. The van der Waals surface area contributed by atoms with Crippen LogP contribution >= 0.6 is 11.6 Å². The normalized spacial score (nSPS) is 14.5. The first kappa shape index (κ1) is 22.9. The van der Waals surface area contributed by atoms with Gasteiger partial charge in [0, 0.05) is 25.0 Å². The van der Waals surface area contributed by atoms with Crippen LogP contribution in [0.4, 0.5) is 0 Å². The number of aryl methyl sites for hydroxylation is 1. The van der Waals surface area contributed by atoms with E-state index < -0.39 is 6.10 Å². The highest BCUT2D eigenvalue weighted by Crippen LogP contribution is 2.18. The number of aliphatic hydroxyl groups is 1. The molecule has 0 amide bonds. The largest absolute Gasteiger partial charge is 0.389 e. The van der Waals surface area contributed by atoms with E-state index in [1.165, 1.54) is 6.42 Å². The Balaban J connectivity index is 2.69. The van der Waals surface area contributed by atoms with Crippen LogP contribution < -0.4 is 10.6 Å². The van der Waals surface area contributed by atoms with Crippen molar-refractivity contribution in [1.29, 1.82) is 0 Å². The van der Waals surface area contributed by atoms with E-state index in [-0.39, 0.29) is 6.04 Å². The highest BCUT2D eigenvalue weighted by molar-refractivity contribution is 6.31. The molecule has 1 rings (SSSR count). The van der Waals surface area contributed by atoms with Gasteiger partial charge in [-0.1, -0.05) is 51.6 Å². The van der Waals surface area contributed by atoms with Crippen LogP contribution in [0.15, 0.2) is 24.0 Å². The summed E-state index contributed by atoms with van der Waals surface area (Å²) < 4.78 is 0. The number of hydrogen-bond acceptors (Lipinski definition) is 4. The van der Waals surface area contributed by atoms with Crippen molar-refractivity contribution in [3.63, 3.8) is 0 Å². The van der Waals surface area contributed by atoms with E-state index in [1.807, 2.05) is 32.4 Å². The zero-order valence-corrected chi connectivity index (χ0v) is 17.7. The van der Waals surface area contributed by atoms with E-state index in [0.717, 1.165) is 47.5 Å². The Morgan fingerprint density at radius 3 is 2.58 bits per heavy atom. The van der Waals surface area contributed by atoms with Crippen LogP contribution in [-0.2, 0) is 13.0 Å². The molecule has 0 radical (unpaired) electrons. The van der Waals surface area contributed by atoms with Gasteiger partial charge in [-0.05, 0) is 49.9 Å². The summed E-state index contributed by atoms with van der Waals surface area (Å²) in [6.07, 6.45) is 8.62. The predicted octanol–water partition coefficient (Wildman–Crippen LogP) is 4.46. The van der Waals surface area contributed by atoms with Crippen molar-refractivity contribution in [3.05, 3.63) is 40.3 Å². The molecule has 1 heterocycles. The van der Waals surface area contributed by atoms with E-state index in [0.29, 0.717) is 12.5 Å². The quantitative estimate of drug-likeness (QED) is 0.500. The van der Waals surface area contributed by atoms with E-state index in [2.05, 4.69) is 36.4 Å². The molecule has 148 valence electrons. The highest BCUT2D eigenvalue weighted by atomic mass is 35.5. The second kappa shape index (κ2) is 12.3. The van der Waals surface area contributed by atoms with Gasteiger partial charge in [-0.25, -0.2) is 0 Å². The number of rotatable bonds is 12. The van der Waals surface area contributed by atoms with Crippen LogP contribution in [0.2, 0.25) is 5.02 Å². The third kappa shape index (κ3) is 8.07. The number of halogens is 1. The molecule has 1 aromatic heterocycles. The fraction of sp³-hybridized carbons (Fsp3) is 0.667. The van der Waals surface area contributed by atoms with Gasteiger partial charge in [0.1, 0.15) is 0 Å². The zero-order chi connectivity index (χ0) is 19.5. The number of aliphatic hydroxyl groups excluding tert-OH is 1. The summed E-state index contributed by atoms with van der Waals surface area (Å²) in [4.78, 5) is 4.45. The fourth-order valence-electron chi connectivity index (χ4n) is 3.03. The maximum atomic E-state index is 10.2. The first-order valence-electron chi connectivity index (χ1n) is 9.80. The second-order valence-electron chi connectivity index (χ2n) is 7.39. The Morgan fingerprint density at radius 2 is 2.04 bits per heavy atom. The molecule has 5 heteroatoms. The van der Waals surface area contributed by atoms with Crippen molar-refractivity contribution in [1.82, 2.24) is 15.6 Å². The fourth-order valence-corrected chi connectivity index (χ4v) is 3.31. The standard InChI is InChI=1S/C21H36ClN3O/c1-6-8-21-19(22)11-17(13-25-21)12-24-14-18(16(4)26)20(23-5)10-7-9-15(2)3/h11,13-16,20,23-24,26H,6-10,12H2,1-5H3/b18-14-. The van der Waals surface area contributed by atoms with E-state index in [1.54, 1.807) is 0 Å². The van der Waals surface area contributed by atoms with Gasteiger partial charge >= 0.3 is 0 Å². The molecule has 4 nitrogen and oxygen atoms in total. The number of likely N-dealkylation sites (N-methyl/N-ethyl adjacent to an activating group) is 1. The molecule has 2 atom stereocenters. The van der Waals surface area contributed by atoms with Crippen LogP contribution in [0, 0.1) is 5.92 Å². The van der Waals surface area contributed by atoms with Crippen molar-refractivity contribution < 1.29 is 5.11 Å². The molecule has 0 fully saturated rings. The summed E-state index contributed by atoms with van der Waals surface area (Å²) in [7, 11) is 1.95. The van der Waals surface area contributed by atoms with Gasteiger partial charge in [-0.2, -0.15) is 0 Å².